The van der Waals surface area contributed by atoms with Crippen molar-refractivity contribution in [2.24, 2.45) is 0 Å². The monoisotopic (exact) mass is 428 g/mol. The van der Waals surface area contributed by atoms with Gasteiger partial charge in [0.25, 0.3) is 5.91 Å². The maximum absolute atomic E-state index is 13.5. The Labute approximate surface area is 172 Å². The van der Waals surface area contributed by atoms with Gasteiger partial charge < -0.3 is 5.32 Å². The van der Waals surface area contributed by atoms with Gasteiger partial charge in [0, 0.05) is 36.7 Å². The van der Waals surface area contributed by atoms with Gasteiger partial charge in [-0.3, -0.25) is 14.4 Å². The Morgan fingerprint density at radius 3 is 2.41 bits per heavy atom. The summed E-state index contributed by atoms with van der Waals surface area (Å²) in [5, 5.41) is 7.22. The van der Waals surface area contributed by atoms with Crippen molar-refractivity contribution in [3.63, 3.8) is 0 Å². The SMILES string of the molecule is CC(C)n1ncc(C(=O)NC2CCN(Cc3ccc(Cl)cc3)CC2)c1C(F)(F)F. The molecule has 0 spiro atoms. The van der Waals surface area contributed by atoms with E-state index in [9.17, 15) is 18.0 Å². The van der Waals surface area contributed by atoms with E-state index in [1.165, 1.54) is 0 Å². The number of hydrogen-bond donors (Lipinski definition) is 1. The molecular weight excluding hydrogens is 405 g/mol. The van der Waals surface area contributed by atoms with Crippen molar-refractivity contribution in [2.75, 3.05) is 13.1 Å². The lowest BCUT2D eigenvalue weighted by Gasteiger charge is -2.32. The molecule has 1 aromatic heterocycles. The summed E-state index contributed by atoms with van der Waals surface area (Å²) in [5.74, 6) is -0.722. The highest BCUT2D eigenvalue weighted by Crippen LogP contribution is 2.33. The van der Waals surface area contributed by atoms with Crippen molar-refractivity contribution < 1.29 is 18.0 Å². The highest BCUT2D eigenvalue weighted by molar-refractivity contribution is 6.30. The first-order valence-corrected chi connectivity index (χ1v) is 9.95. The third-order valence-corrected chi connectivity index (χ3v) is 5.29. The summed E-state index contributed by atoms with van der Waals surface area (Å²) in [6, 6.07) is 6.98. The van der Waals surface area contributed by atoms with Crippen LogP contribution in [0.4, 0.5) is 13.2 Å². The van der Waals surface area contributed by atoms with Crippen molar-refractivity contribution in [3.8, 4) is 0 Å². The van der Waals surface area contributed by atoms with Gasteiger partial charge in [0.15, 0.2) is 5.69 Å². The lowest BCUT2D eigenvalue weighted by atomic mass is 10.0. The quantitative estimate of drug-likeness (QED) is 0.761. The van der Waals surface area contributed by atoms with Gasteiger partial charge >= 0.3 is 6.18 Å². The van der Waals surface area contributed by atoms with Gasteiger partial charge in [0.1, 0.15) is 0 Å². The number of hydrogen-bond acceptors (Lipinski definition) is 3. The summed E-state index contributed by atoms with van der Waals surface area (Å²) in [7, 11) is 0. The molecule has 1 aliphatic rings. The van der Waals surface area contributed by atoms with E-state index in [4.69, 9.17) is 11.6 Å². The van der Waals surface area contributed by atoms with Crippen molar-refractivity contribution >= 4 is 17.5 Å². The van der Waals surface area contributed by atoms with Crippen LogP contribution in [0, 0.1) is 0 Å². The largest absolute Gasteiger partial charge is 0.433 e. The molecule has 1 aliphatic heterocycles. The summed E-state index contributed by atoms with van der Waals surface area (Å²) in [5.41, 5.74) is -0.271. The van der Waals surface area contributed by atoms with Gasteiger partial charge in [0.2, 0.25) is 0 Å². The second-order valence-electron chi connectivity index (χ2n) is 7.59. The van der Waals surface area contributed by atoms with Crippen LogP contribution in [0.15, 0.2) is 30.5 Å². The summed E-state index contributed by atoms with van der Waals surface area (Å²) < 4.78 is 41.3. The van der Waals surface area contributed by atoms with E-state index >= 15 is 0 Å². The molecule has 0 unspecified atom stereocenters. The minimum Gasteiger partial charge on any atom is -0.349 e. The van der Waals surface area contributed by atoms with Crippen LogP contribution in [0.1, 0.15) is 54.3 Å². The molecule has 2 heterocycles. The van der Waals surface area contributed by atoms with Crippen molar-refractivity contribution in [3.05, 3.63) is 52.3 Å². The van der Waals surface area contributed by atoms with Crippen LogP contribution in [0.3, 0.4) is 0 Å². The maximum atomic E-state index is 13.5. The lowest BCUT2D eigenvalue weighted by Crippen LogP contribution is -2.44. The van der Waals surface area contributed by atoms with Crippen LogP contribution < -0.4 is 5.32 Å². The Bertz CT molecular complexity index is 840. The number of amides is 1. The minimum absolute atomic E-state index is 0.160. The molecular formula is C20H24ClF3N4O. The smallest absolute Gasteiger partial charge is 0.349 e. The molecule has 0 bridgehead atoms. The molecule has 158 valence electrons. The molecule has 5 nitrogen and oxygen atoms in total. The molecule has 9 heteroatoms. The molecule has 0 radical (unpaired) electrons. The van der Waals surface area contributed by atoms with E-state index in [-0.39, 0.29) is 6.04 Å². The summed E-state index contributed by atoms with van der Waals surface area (Å²) in [6.45, 7) is 5.48. The molecule has 0 saturated carbocycles. The van der Waals surface area contributed by atoms with E-state index in [1.54, 1.807) is 13.8 Å². The number of likely N-dealkylation sites (tertiary alicyclic amines) is 1. The number of aromatic nitrogens is 2. The molecule has 1 N–H and O–H groups in total. The predicted octanol–water partition coefficient (Wildman–Crippen LogP) is 4.53. The highest BCUT2D eigenvalue weighted by Gasteiger charge is 2.41. The normalized spacial score (nSPS) is 16.4. The van der Waals surface area contributed by atoms with E-state index in [0.717, 1.165) is 36.1 Å². The predicted molar refractivity (Wildman–Crippen MR) is 105 cm³/mol. The molecule has 0 aliphatic carbocycles. The fraction of sp³-hybridized carbons (Fsp3) is 0.500. The number of carbonyl (C=O) groups is 1. The van der Waals surface area contributed by atoms with Crippen LogP contribution in [0.2, 0.25) is 5.02 Å². The number of nitrogens with zero attached hydrogens (tertiary/aromatic N) is 3. The number of alkyl halides is 3. The van der Waals surface area contributed by atoms with Crippen LogP contribution in [-0.2, 0) is 12.7 Å². The first kappa shape index (κ1) is 21.6. The third-order valence-electron chi connectivity index (χ3n) is 5.04. The Balaban J connectivity index is 1.59. The van der Waals surface area contributed by atoms with Crippen molar-refractivity contribution in [1.82, 2.24) is 20.0 Å². The van der Waals surface area contributed by atoms with E-state index in [2.05, 4.69) is 15.3 Å². The summed E-state index contributed by atoms with van der Waals surface area (Å²) in [6.07, 6.45) is -2.28. The van der Waals surface area contributed by atoms with Crippen molar-refractivity contribution in [2.45, 2.75) is 51.5 Å². The van der Waals surface area contributed by atoms with Gasteiger partial charge in [-0.15, -0.1) is 0 Å². The second-order valence-corrected chi connectivity index (χ2v) is 8.03. The average Bonchev–Trinajstić information content (AvgIpc) is 3.11. The zero-order valence-corrected chi connectivity index (χ0v) is 17.1. The minimum atomic E-state index is -4.64. The molecule has 1 fully saturated rings. The average molecular weight is 429 g/mol. The van der Waals surface area contributed by atoms with Gasteiger partial charge in [-0.2, -0.15) is 18.3 Å². The number of carbonyl (C=O) groups excluding carboxylic acids is 1. The molecule has 29 heavy (non-hydrogen) atoms. The highest BCUT2D eigenvalue weighted by atomic mass is 35.5. The van der Waals surface area contributed by atoms with E-state index < -0.39 is 29.4 Å². The fourth-order valence-corrected chi connectivity index (χ4v) is 3.68. The maximum Gasteiger partial charge on any atom is 0.433 e. The van der Waals surface area contributed by atoms with E-state index in [1.807, 2.05) is 24.3 Å². The van der Waals surface area contributed by atoms with Gasteiger partial charge in [-0.25, -0.2) is 0 Å². The Morgan fingerprint density at radius 2 is 1.86 bits per heavy atom. The van der Waals surface area contributed by atoms with Crippen LogP contribution in [-0.4, -0.2) is 39.7 Å². The number of nitrogens with one attached hydrogen (secondary N) is 1. The zero-order chi connectivity index (χ0) is 21.2. The fourth-order valence-electron chi connectivity index (χ4n) is 3.55. The Morgan fingerprint density at radius 1 is 1.24 bits per heavy atom. The molecule has 0 atom stereocenters. The first-order chi connectivity index (χ1) is 13.6. The summed E-state index contributed by atoms with van der Waals surface area (Å²) in [4.78, 5) is 14.8. The van der Waals surface area contributed by atoms with Crippen LogP contribution >= 0.6 is 11.6 Å². The molecule has 1 aromatic carbocycles. The zero-order valence-electron chi connectivity index (χ0n) is 16.3. The van der Waals surface area contributed by atoms with E-state index in [0.29, 0.717) is 17.9 Å². The van der Waals surface area contributed by atoms with Gasteiger partial charge in [0.05, 0.1) is 11.8 Å². The summed E-state index contributed by atoms with van der Waals surface area (Å²) >= 11 is 5.90. The number of halogens is 4. The number of benzene rings is 1. The standard InChI is InChI=1S/C20H24ClF3N4O/c1-13(2)28-18(20(22,23)24)17(11-25-28)19(29)26-16-7-9-27(10-8-16)12-14-3-5-15(21)6-4-14/h3-6,11,13,16H,7-10,12H2,1-2H3,(H,26,29). The third kappa shape index (κ3) is 5.30. The molecule has 3 rings (SSSR count). The Hall–Kier alpha value is -2.06. The number of piperidine rings is 1. The second kappa shape index (κ2) is 8.75. The lowest BCUT2D eigenvalue weighted by molar-refractivity contribution is -0.145. The van der Waals surface area contributed by atoms with Crippen LogP contribution in [0.25, 0.3) is 0 Å². The molecule has 1 amide bonds. The van der Waals surface area contributed by atoms with Crippen LogP contribution in [0.5, 0.6) is 0 Å². The first-order valence-electron chi connectivity index (χ1n) is 9.57. The van der Waals surface area contributed by atoms with Gasteiger partial charge in [-0.05, 0) is 44.4 Å². The van der Waals surface area contributed by atoms with Crippen molar-refractivity contribution in [1.29, 1.82) is 0 Å². The molecule has 2 aromatic rings. The van der Waals surface area contributed by atoms with Gasteiger partial charge in [-0.1, -0.05) is 23.7 Å². The topological polar surface area (TPSA) is 50.2 Å². The molecule has 1 saturated heterocycles. The Kier molecular flexibility index (Phi) is 6.53. The number of rotatable bonds is 5.